The first-order valence-electron chi connectivity index (χ1n) is 7.02. The lowest BCUT2D eigenvalue weighted by Crippen LogP contribution is -2.50. The first kappa shape index (κ1) is 13.9. The second-order valence-corrected chi connectivity index (χ2v) is 6.70. The Morgan fingerprint density at radius 2 is 2.40 bits per heavy atom. The van der Waals surface area contributed by atoms with Crippen LogP contribution in [0.4, 0.5) is 0 Å². The Balaban J connectivity index is 1.77. The summed E-state index contributed by atoms with van der Waals surface area (Å²) in [6.07, 6.45) is 6.30. The molecule has 1 saturated carbocycles. The van der Waals surface area contributed by atoms with Crippen LogP contribution >= 0.6 is 11.8 Å². The number of hydrogen-bond acceptors (Lipinski definition) is 5. The van der Waals surface area contributed by atoms with Crippen molar-refractivity contribution in [3.8, 4) is 0 Å². The fourth-order valence-corrected chi connectivity index (χ4v) is 4.25. The van der Waals surface area contributed by atoms with Crippen LogP contribution in [-0.2, 0) is 0 Å². The van der Waals surface area contributed by atoms with E-state index < -0.39 is 0 Å². The predicted octanol–water partition coefficient (Wildman–Crippen LogP) is 1.71. The highest BCUT2D eigenvalue weighted by Gasteiger charge is 2.35. The summed E-state index contributed by atoms with van der Waals surface area (Å²) in [7, 11) is 1.94. The minimum absolute atomic E-state index is 0.129. The molecule has 2 heterocycles. The Labute approximate surface area is 122 Å². The molecule has 1 aliphatic rings. The van der Waals surface area contributed by atoms with Gasteiger partial charge in [0.25, 0.3) is 0 Å². The fourth-order valence-electron chi connectivity index (χ4n) is 2.91. The molecule has 1 aliphatic carbocycles. The highest BCUT2D eigenvalue weighted by molar-refractivity contribution is 7.99. The molecule has 108 valence electrons. The van der Waals surface area contributed by atoms with Crippen molar-refractivity contribution in [3.63, 3.8) is 0 Å². The molecule has 2 N–H and O–H groups in total. The van der Waals surface area contributed by atoms with Crippen molar-refractivity contribution in [2.24, 2.45) is 0 Å². The largest absolute Gasteiger partial charge is 0.394 e. The van der Waals surface area contributed by atoms with Crippen LogP contribution in [0.3, 0.4) is 0 Å². The molecule has 1 fully saturated rings. The van der Waals surface area contributed by atoms with Gasteiger partial charge in [0, 0.05) is 17.0 Å². The molecule has 6 heteroatoms. The van der Waals surface area contributed by atoms with Crippen molar-refractivity contribution in [1.82, 2.24) is 19.9 Å². The van der Waals surface area contributed by atoms with Gasteiger partial charge in [-0.05, 0) is 38.4 Å². The average molecular weight is 292 g/mol. The zero-order valence-electron chi connectivity index (χ0n) is 11.6. The summed E-state index contributed by atoms with van der Waals surface area (Å²) in [5, 5.41) is 22.8. The molecular weight excluding hydrogens is 272 g/mol. The smallest absolute Gasteiger partial charge is 0.195 e. The zero-order valence-corrected chi connectivity index (χ0v) is 12.4. The molecule has 2 aromatic rings. The third kappa shape index (κ3) is 2.55. The minimum Gasteiger partial charge on any atom is -0.394 e. The van der Waals surface area contributed by atoms with Gasteiger partial charge < -0.3 is 10.4 Å². The van der Waals surface area contributed by atoms with Crippen molar-refractivity contribution in [2.75, 3.05) is 13.7 Å². The van der Waals surface area contributed by atoms with Gasteiger partial charge in [0.05, 0.1) is 6.61 Å². The summed E-state index contributed by atoms with van der Waals surface area (Å²) in [5.74, 6) is 0. The summed E-state index contributed by atoms with van der Waals surface area (Å²) in [4.78, 5) is 0. The lowest BCUT2D eigenvalue weighted by atomic mass is 9.82. The lowest BCUT2D eigenvalue weighted by Gasteiger charge is -2.39. The molecule has 0 saturated heterocycles. The van der Waals surface area contributed by atoms with Gasteiger partial charge in [0.1, 0.15) is 0 Å². The quantitative estimate of drug-likeness (QED) is 0.898. The number of rotatable bonds is 4. The van der Waals surface area contributed by atoms with E-state index in [1.54, 1.807) is 11.8 Å². The molecule has 0 aromatic carbocycles. The van der Waals surface area contributed by atoms with E-state index in [-0.39, 0.29) is 12.1 Å². The first-order chi connectivity index (χ1) is 9.76. The second-order valence-electron chi connectivity index (χ2n) is 5.44. The highest BCUT2D eigenvalue weighted by atomic mass is 32.2. The Hall–Kier alpha value is -1.11. The van der Waals surface area contributed by atoms with Crippen molar-refractivity contribution < 1.29 is 5.11 Å². The summed E-state index contributed by atoms with van der Waals surface area (Å²) in [6.45, 7) is 0.196. The Bertz CT molecular complexity index is 581. The SMILES string of the molecule is CNC1(CO)CCCC(Sc2nnc3ccccn23)C1. The normalized spacial score (nSPS) is 27.0. The van der Waals surface area contributed by atoms with Crippen LogP contribution in [0.1, 0.15) is 25.7 Å². The van der Waals surface area contributed by atoms with Crippen LogP contribution in [0.5, 0.6) is 0 Å². The number of aromatic nitrogens is 3. The van der Waals surface area contributed by atoms with E-state index in [0.29, 0.717) is 5.25 Å². The fraction of sp³-hybridized carbons (Fsp3) is 0.571. The van der Waals surface area contributed by atoms with E-state index in [4.69, 9.17) is 0 Å². The standard InChI is InChI=1S/C14H20N4OS/c1-15-14(10-19)7-4-5-11(9-14)20-13-17-16-12-6-2-3-8-18(12)13/h2-3,6,8,11,15,19H,4-5,7,9-10H2,1H3. The van der Waals surface area contributed by atoms with Crippen molar-refractivity contribution in [2.45, 2.75) is 41.6 Å². The Morgan fingerprint density at radius 3 is 3.20 bits per heavy atom. The number of aliphatic hydroxyl groups is 1. The minimum atomic E-state index is -0.129. The summed E-state index contributed by atoms with van der Waals surface area (Å²) < 4.78 is 2.03. The third-order valence-electron chi connectivity index (χ3n) is 4.19. The van der Waals surface area contributed by atoms with Crippen LogP contribution < -0.4 is 5.32 Å². The van der Waals surface area contributed by atoms with Crippen LogP contribution in [-0.4, -0.2) is 44.1 Å². The van der Waals surface area contributed by atoms with E-state index in [1.807, 2.05) is 35.8 Å². The first-order valence-corrected chi connectivity index (χ1v) is 7.90. The molecule has 0 aliphatic heterocycles. The molecule has 2 unspecified atom stereocenters. The summed E-state index contributed by atoms with van der Waals surface area (Å²) in [5.41, 5.74) is 0.754. The Kier molecular flexibility index (Phi) is 3.96. The predicted molar refractivity (Wildman–Crippen MR) is 80.0 cm³/mol. The molecule has 3 rings (SSSR count). The van der Waals surface area contributed by atoms with Gasteiger partial charge in [0.2, 0.25) is 0 Å². The third-order valence-corrected chi connectivity index (χ3v) is 5.41. The van der Waals surface area contributed by atoms with Gasteiger partial charge in [0.15, 0.2) is 10.8 Å². The number of nitrogens with one attached hydrogen (secondary N) is 1. The van der Waals surface area contributed by atoms with Gasteiger partial charge in [-0.25, -0.2) is 0 Å². The number of aliphatic hydroxyl groups excluding tert-OH is 1. The number of pyridine rings is 1. The maximum absolute atomic E-state index is 9.65. The molecular formula is C14H20N4OS. The average Bonchev–Trinajstić information content (AvgIpc) is 2.91. The Morgan fingerprint density at radius 1 is 1.50 bits per heavy atom. The molecule has 2 atom stereocenters. The van der Waals surface area contributed by atoms with Crippen LogP contribution in [0.25, 0.3) is 5.65 Å². The number of nitrogens with zero attached hydrogens (tertiary/aromatic N) is 3. The molecule has 5 nitrogen and oxygen atoms in total. The van der Waals surface area contributed by atoms with E-state index >= 15 is 0 Å². The number of thioether (sulfide) groups is 1. The maximum Gasteiger partial charge on any atom is 0.195 e. The lowest BCUT2D eigenvalue weighted by molar-refractivity contribution is 0.131. The molecule has 0 spiro atoms. The molecule has 2 aromatic heterocycles. The van der Waals surface area contributed by atoms with E-state index in [1.165, 1.54) is 0 Å². The summed E-state index contributed by atoms with van der Waals surface area (Å²) in [6, 6.07) is 5.92. The molecule has 0 radical (unpaired) electrons. The van der Waals surface area contributed by atoms with Gasteiger partial charge in [-0.2, -0.15) is 0 Å². The monoisotopic (exact) mass is 292 g/mol. The second kappa shape index (κ2) is 5.71. The number of hydrogen-bond donors (Lipinski definition) is 2. The highest BCUT2D eigenvalue weighted by Crippen LogP contribution is 2.37. The van der Waals surface area contributed by atoms with E-state index in [9.17, 15) is 5.11 Å². The van der Waals surface area contributed by atoms with Gasteiger partial charge in [-0.15, -0.1) is 10.2 Å². The van der Waals surface area contributed by atoms with Crippen molar-refractivity contribution >= 4 is 17.4 Å². The summed E-state index contributed by atoms with van der Waals surface area (Å²) >= 11 is 1.77. The number of fused-ring (bicyclic) bond motifs is 1. The van der Waals surface area contributed by atoms with Crippen LogP contribution in [0, 0.1) is 0 Å². The van der Waals surface area contributed by atoms with Crippen LogP contribution in [0.2, 0.25) is 0 Å². The van der Waals surface area contributed by atoms with Gasteiger partial charge in [-0.3, -0.25) is 4.40 Å². The van der Waals surface area contributed by atoms with Crippen LogP contribution in [0.15, 0.2) is 29.6 Å². The van der Waals surface area contributed by atoms with E-state index in [2.05, 4.69) is 15.5 Å². The van der Waals surface area contributed by atoms with Crippen molar-refractivity contribution in [1.29, 1.82) is 0 Å². The molecule has 0 bridgehead atoms. The zero-order chi connectivity index (χ0) is 14.0. The van der Waals surface area contributed by atoms with Gasteiger partial charge in [-0.1, -0.05) is 24.2 Å². The maximum atomic E-state index is 9.65. The molecule has 0 amide bonds. The van der Waals surface area contributed by atoms with E-state index in [0.717, 1.165) is 36.5 Å². The number of likely N-dealkylation sites (N-methyl/N-ethyl adjacent to an activating group) is 1. The van der Waals surface area contributed by atoms with Crippen molar-refractivity contribution in [3.05, 3.63) is 24.4 Å². The van der Waals surface area contributed by atoms with Gasteiger partial charge >= 0.3 is 0 Å². The topological polar surface area (TPSA) is 62.5 Å². The molecule has 20 heavy (non-hydrogen) atoms.